The number of nitrogens with one attached hydrogen (secondary N) is 1. The number of hydrogen-bond acceptors (Lipinski definition) is 7. The topological polar surface area (TPSA) is 101 Å². The molecule has 2 N–H and O–H groups in total. The van der Waals surface area contributed by atoms with Gasteiger partial charge >= 0.3 is 0 Å². The van der Waals surface area contributed by atoms with Crippen LogP contribution in [0.3, 0.4) is 0 Å². The van der Waals surface area contributed by atoms with Crippen LogP contribution in [0.4, 0.5) is 5.82 Å². The molecule has 30 heavy (non-hydrogen) atoms. The average molecular weight is 412 g/mol. The molecule has 0 spiro atoms. The third kappa shape index (κ3) is 3.27. The van der Waals surface area contributed by atoms with Crippen molar-refractivity contribution < 1.29 is 14.6 Å². The van der Waals surface area contributed by atoms with Crippen LogP contribution in [0.2, 0.25) is 0 Å². The monoisotopic (exact) mass is 412 g/mol. The lowest BCUT2D eigenvalue weighted by Crippen LogP contribution is -2.44. The number of methoxy groups -OCH3 is 1. The minimum atomic E-state index is -0.931. The number of aromatic nitrogens is 5. The normalized spacial score (nSPS) is 27.6. The number of nitrogens with zero attached hydrogens (tertiary/aromatic N) is 5. The van der Waals surface area contributed by atoms with Crippen molar-refractivity contribution in [1.82, 2.24) is 25.0 Å². The molecule has 3 aromatic heterocycles. The van der Waals surface area contributed by atoms with Crippen molar-refractivity contribution in [3.8, 4) is 5.82 Å². The first-order chi connectivity index (χ1) is 14.6. The smallest absolute Gasteiger partial charge is 0.177 e. The van der Waals surface area contributed by atoms with Gasteiger partial charge in [-0.15, -0.1) is 0 Å². The third-order valence-electron chi connectivity index (χ3n) is 6.49. The molecular formula is C21H28N6O3. The van der Waals surface area contributed by atoms with Gasteiger partial charge in [-0.2, -0.15) is 14.9 Å². The molecule has 0 bridgehead atoms. The van der Waals surface area contributed by atoms with Gasteiger partial charge in [-0.3, -0.25) is 5.10 Å². The van der Waals surface area contributed by atoms with E-state index in [-0.39, 0.29) is 12.1 Å². The van der Waals surface area contributed by atoms with Gasteiger partial charge in [-0.05, 0) is 44.2 Å². The first-order valence-corrected chi connectivity index (χ1v) is 10.6. The fourth-order valence-corrected chi connectivity index (χ4v) is 4.70. The highest BCUT2D eigenvalue weighted by Crippen LogP contribution is 2.42. The Labute approximate surface area is 175 Å². The van der Waals surface area contributed by atoms with Crippen molar-refractivity contribution in [2.45, 2.75) is 50.4 Å². The number of hydrogen-bond donors (Lipinski definition) is 2. The van der Waals surface area contributed by atoms with Crippen LogP contribution < -0.4 is 4.90 Å². The van der Waals surface area contributed by atoms with Crippen molar-refractivity contribution in [3.63, 3.8) is 0 Å². The Bertz CT molecular complexity index is 1010. The second kappa shape index (κ2) is 7.64. The Hall–Kier alpha value is -2.49. The number of aliphatic hydroxyl groups is 1. The van der Waals surface area contributed by atoms with Gasteiger partial charge in [0, 0.05) is 31.3 Å². The molecule has 3 aromatic rings. The number of morpholine rings is 1. The van der Waals surface area contributed by atoms with Gasteiger partial charge in [0.2, 0.25) is 0 Å². The molecule has 1 saturated heterocycles. The number of ether oxygens (including phenoxy) is 2. The van der Waals surface area contributed by atoms with Gasteiger partial charge in [0.1, 0.15) is 5.82 Å². The van der Waals surface area contributed by atoms with E-state index in [1.165, 1.54) is 0 Å². The van der Waals surface area contributed by atoms with Gasteiger partial charge < -0.3 is 19.5 Å². The van der Waals surface area contributed by atoms with Gasteiger partial charge in [-0.25, -0.2) is 4.98 Å². The highest BCUT2D eigenvalue weighted by Gasteiger charge is 2.38. The highest BCUT2D eigenvalue weighted by atomic mass is 16.5. The highest BCUT2D eigenvalue weighted by molar-refractivity contribution is 5.83. The lowest BCUT2D eigenvalue weighted by molar-refractivity contribution is -0.0465. The quantitative estimate of drug-likeness (QED) is 0.677. The average Bonchev–Trinajstić information content (AvgIpc) is 3.43. The SMILES string of the molecule is COC1CCC(O)(c2cc(N3CCOC[C@H]3C)nc3c2cnn3-c2cc[nH]n2)CC1. The second-order valence-corrected chi connectivity index (χ2v) is 8.34. The molecule has 160 valence electrons. The zero-order valence-electron chi connectivity index (χ0n) is 17.4. The minimum absolute atomic E-state index is 0.202. The Morgan fingerprint density at radius 2 is 2.13 bits per heavy atom. The van der Waals surface area contributed by atoms with Crippen molar-refractivity contribution in [1.29, 1.82) is 0 Å². The number of H-pyrrole nitrogens is 1. The van der Waals surface area contributed by atoms with Crippen LogP contribution in [0.15, 0.2) is 24.5 Å². The minimum Gasteiger partial charge on any atom is -0.385 e. The molecule has 0 radical (unpaired) electrons. The molecular weight excluding hydrogens is 384 g/mol. The molecule has 0 aromatic carbocycles. The number of anilines is 1. The fraction of sp³-hybridized carbons (Fsp3) is 0.571. The van der Waals surface area contributed by atoms with Crippen molar-refractivity contribution in [3.05, 3.63) is 30.1 Å². The van der Waals surface area contributed by atoms with E-state index in [2.05, 4.69) is 27.1 Å². The fourth-order valence-electron chi connectivity index (χ4n) is 4.70. The van der Waals surface area contributed by atoms with Crippen molar-refractivity contribution in [2.24, 2.45) is 0 Å². The van der Waals surface area contributed by atoms with Crippen LogP contribution in [-0.4, -0.2) is 69.1 Å². The Balaban J connectivity index is 1.65. The molecule has 1 aliphatic heterocycles. The summed E-state index contributed by atoms with van der Waals surface area (Å²) in [5.41, 5.74) is 0.660. The third-order valence-corrected chi connectivity index (χ3v) is 6.49. The van der Waals surface area contributed by atoms with E-state index in [1.54, 1.807) is 24.2 Å². The van der Waals surface area contributed by atoms with Crippen LogP contribution in [0.25, 0.3) is 16.9 Å². The van der Waals surface area contributed by atoms with Gasteiger partial charge in [0.25, 0.3) is 0 Å². The number of aromatic amines is 1. The van der Waals surface area contributed by atoms with Gasteiger partial charge in [0.15, 0.2) is 11.5 Å². The maximum absolute atomic E-state index is 11.7. The second-order valence-electron chi connectivity index (χ2n) is 8.34. The molecule has 2 fully saturated rings. The summed E-state index contributed by atoms with van der Waals surface area (Å²) in [7, 11) is 1.74. The van der Waals surface area contributed by atoms with Crippen LogP contribution in [0.1, 0.15) is 38.2 Å². The van der Waals surface area contributed by atoms with Crippen molar-refractivity contribution >= 4 is 16.9 Å². The van der Waals surface area contributed by atoms with Crippen molar-refractivity contribution in [2.75, 3.05) is 31.8 Å². The number of pyridine rings is 1. The summed E-state index contributed by atoms with van der Waals surface area (Å²) in [6.07, 6.45) is 6.71. The predicted molar refractivity (Wildman–Crippen MR) is 112 cm³/mol. The molecule has 5 rings (SSSR count). The van der Waals surface area contributed by atoms with Crippen LogP contribution in [-0.2, 0) is 15.1 Å². The molecule has 0 unspecified atom stereocenters. The van der Waals surface area contributed by atoms with Gasteiger partial charge in [-0.1, -0.05) is 0 Å². The standard InChI is InChI=1S/C21H28N6O3/c1-14-13-30-10-9-26(14)19-11-17(21(28)6-3-15(29-2)4-7-21)16-12-23-27(20(16)24-19)18-5-8-22-25-18/h5,8,11-12,14-15,28H,3-4,6-7,9-10,13H2,1-2H3,(H,22,25)/t14-,15?,21?/m1/s1. The summed E-state index contributed by atoms with van der Waals surface area (Å²) in [6, 6.07) is 4.11. The molecule has 9 heteroatoms. The number of fused-ring (bicyclic) bond motifs is 1. The Kier molecular flexibility index (Phi) is 4.96. The van der Waals surface area contributed by atoms with Crippen LogP contribution in [0, 0.1) is 0 Å². The molecule has 2 aliphatic rings. The van der Waals surface area contributed by atoms with E-state index >= 15 is 0 Å². The molecule has 9 nitrogen and oxygen atoms in total. The Morgan fingerprint density at radius 1 is 1.30 bits per heavy atom. The lowest BCUT2D eigenvalue weighted by Gasteiger charge is -2.38. The summed E-state index contributed by atoms with van der Waals surface area (Å²) in [5, 5.41) is 24.2. The van der Waals surface area contributed by atoms with E-state index in [9.17, 15) is 5.11 Å². The Morgan fingerprint density at radius 3 is 2.83 bits per heavy atom. The molecule has 4 heterocycles. The molecule has 1 atom stereocenters. The zero-order valence-corrected chi connectivity index (χ0v) is 17.4. The van der Waals surface area contributed by atoms with E-state index in [0.717, 1.165) is 36.2 Å². The summed E-state index contributed by atoms with van der Waals surface area (Å²) < 4.78 is 12.9. The van der Waals surface area contributed by atoms with E-state index < -0.39 is 5.60 Å². The first-order valence-electron chi connectivity index (χ1n) is 10.6. The van der Waals surface area contributed by atoms with E-state index in [1.807, 2.05) is 12.1 Å². The zero-order chi connectivity index (χ0) is 20.7. The maximum atomic E-state index is 11.7. The largest absolute Gasteiger partial charge is 0.385 e. The summed E-state index contributed by atoms with van der Waals surface area (Å²) in [4.78, 5) is 7.21. The van der Waals surface area contributed by atoms with Crippen LogP contribution in [0.5, 0.6) is 0 Å². The van der Waals surface area contributed by atoms with E-state index in [0.29, 0.717) is 37.5 Å². The predicted octanol–water partition coefficient (Wildman–Crippen LogP) is 2.15. The lowest BCUT2D eigenvalue weighted by atomic mass is 9.78. The summed E-state index contributed by atoms with van der Waals surface area (Å²) in [5.74, 6) is 1.51. The maximum Gasteiger partial charge on any atom is 0.177 e. The molecule has 1 saturated carbocycles. The summed E-state index contributed by atoms with van der Waals surface area (Å²) >= 11 is 0. The summed E-state index contributed by atoms with van der Waals surface area (Å²) in [6.45, 7) is 4.22. The first kappa shape index (κ1) is 19.5. The molecule has 0 amide bonds. The van der Waals surface area contributed by atoms with Gasteiger partial charge in [0.05, 0.1) is 37.2 Å². The number of rotatable bonds is 4. The van der Waals surface area contributed by atoms with E-state index in [4.69, 9.17) is 14.5 Å². The molecule has 1 aliphatic carbocycles. The van der Waals surface area contributed by atoms with Crippen LogP contribution >= 0.6 is 0 Å².